The zero-order valence-corrected chi connectivity index (χ0v) is 12.2. The van der Waals surface area contributed by atoms with E-state index >= 15 is 0 Å². The SMILES string of the molecule is COS(=O)(=O)OC.CSC(SC)=C(C#N)C#N. The van der Waals surface area contributed by atoms with E-state index < -0.39 is 10.4 Å². The number of thioether (sulfide) groups is 2. The Morgan fingerprint density at radius 2 is 1.41 bits per heavy atom. The van der Waals surface area contributed by atoms with Crippen molar-refractivity contribution in [1.29, 1.82) is 10.5 Å². The molecule has 0 fully saturated rings. The van der Waals surface area contributed by atoms with E-state index in [2.05, 4.69) is 8.37 Å². The Morgan fingerprint density at radius 3 is 1.47 bits per heavy atom. The molecule has 0 atom stereocenters. The molecule has 0 aliphatic rings. The van der Waals surface area contributed by atoms with Gasteiger partial charge in [-0.2, -0.15) is 18.9 Å². The summed E-state index contributed by atoms with van der Waals surface area (Å²) in [6.07, 6.45) is 3.70. The number of nitriles is 2. The van der Waals surface area contributed by atoms with Gasteiger partial charge in [0, 0.05) is 0 Å². The van der Waals surface area contributed by atoms with E-state index in [9.17, 15) is 8.42 Å². The van der Waals surface area contributed by atoms with Crippen molar-refractivity contribution in [2.24, 2.45) is 0 Å². The highest BCUT2D eigenvalue weighted by Gasteiger charge is 2.02. The van der Waals surface area contributed by atoms with E-state index in [1.807, 2.05) is 24.6 Å². The fraction of sp³-hybridized carbons (Fsp3) is 0.500. The second-order valence-electron chi connectivity index (χ2n) is 2.04. The van der Waals surface area contributed by atoms with Gasteiger partial charge in [-0.05, 0) is 12.5 Å². The summed E-state index contributed by atoms with van der Waals surface area (Å²) in [7, 11) is -1.60. The Labute approximate surface area is 110 Å². The van der Waals surface area contributed by atoms with E-state index in [0.29, 0.717) is 0 Å². The van der Waals surface area contributed by atoms with Gasteiger partial charge in [0.05, 0.1) is 18.5 Å². The standard InChI is InChI=1S/C6H6N2S2.C2H6O4S/c1-9-6(10-2)5(3-7)4-8;1-5-7(3,4)6-2/h1-2H3;1-2H3. The van der Waals surface area contributed by atoms with Crippen LogP contribution in [0, 0.1) is 22.7 Å². The van der Waals surface area contributed by atoms with Crippen LogP contribution in [0.2, 0.25) is 0 Å². The molecule has 0 radical (unpaired) electrons. The predicted molar refractivity (Wildman–Crippen MR) is 68.2 cm³/mol. The highest BCUT2D eigenvalue weighted by molar-refractivity contribution is 8.21. The molecule has 0 aromatic heterocycles. The monoisotopic (exact) mass is 296 g/mol. The van der Waals surface area contributed by atoms with Crippen LogP contribution in [0.15, 0.2) is 9.81 Å². The van der Waals surface area contributed by atoms with Crippen LogP contribution in [-0.4, -0.2) is 35.1 Å². The molecule has 0 N–H and O–H groups in total. The van der Waals surface area contributed by atoms with E-state index in [1.54, 1.807) is 0 Å². The summed E-state index contributed by atoms with van der Waals surface area (Å²) in [6.45, 7) is 0. The number of nitrogens with zero attached hydrogens (tertiary/aromatic N) is 2. The molecule has 0 aromatic carbocycles. The van der Waals surface area contributed by atoms with Crippen LogP contribution in [0.25, 0.3) is 0 Å². The molecule has 0 aliphatic heterocycles. The fourth-order valence-corrected chi connectivity index (χ4v) is 1.87. The summed E-state index contributed by atoms with van der Waals surface area (Å²) in [6, 6.07) is 3.66. The lowest BCUT2D eigenvalue weighted by atomic mass is 10.4. The average molecular weight is 296 g/mol. The fourth-order valence-electron chi connectivity index (χ4n) is 0.472. The molecule has 9 heteroatoms. The van der Waals surface area contributed by atoms with Gasteiger partial charge in [0.15, 0.2) is 0 Å². The molecule has 0 saturated carbocycles. The lowest BCUT2D eigenvalue weighted by molar-refractivity contribution is 0.286. The van der Waals surface area contributed by atoms with Crippen molar-refractivity contribution < 1.29 is 16.8 Å². The largest absolute Gasteiger partial charge is 0.399 e. The van der Waals surface area contributed by atoms with Crippen molar-refractivity contribution >= 4 is 33.9 Å². The maximum Gasteiger partial charge on any atom is 0.399 e. The third-order valence-corrected chi connectivity index (χ3v) is 4.17. The molecule has 0 aliphatic carbocycles. The van der Waals surface area contributed by atoms with Crippen molar-refractivity contribution in [2.45, 2.75) is 0 Å². The number of hydrogen-bond acceptors (Lipinski definition) is 8. The zero-order valence-electron chi connectivity index (χ0n) is 9.75. The minimum Gasteiger partial charge on any atom is -0.252 e. The topological polar surface area (TPSA) is 100 Å². The van der Waals surface area contributed by atoms with Gasteiger partial charge in [0.25, 0.3) is 0 Å². The first kappa shape index (κ1) is 18.6. The molecule has 0 unspecified atom stereocenters. The maximum absolute atomic E-state index is 9.92. The van der Waals surface area contributed by atoms with Gasteiger partial charge < -0.3 is 0 Å². The molecule has 0 rings (SSSR count). The third-order valence-electron chi connectivity index (χ3n) is 1.21. The van der Waals surface area contributed by atoms with Gasteiger partial charge in [0.2, 0.25) is 0 Å². The van der Waals surface area contributed by atoms with Crippen LogP contribution in [0.1, 0.15) is 0 Å². The Hall–Kier alpha value is -0.710. The molecule has 0 amide bonds. The molecule has 0 aromatic rings. The Kier molecular flexibility index (Phi) is 11.5. The summed E-state index contributed by atoms with van der Waals surface area (Å²) in [5.41, 5.74) is 0.208. The molecular formula is C8H12N2O4S3. The van der Waals surface area contributed by atoms with Crippen molar-refractivity contribution in [2.75, 3.05) is 26.7 Å². The van der Waals surface area contributed by atoms with Crippen LogP contribution >= 0.6 is 23.5 Å². The first-order valence-electron chi connectivity index (χ1n) is 3.91. The molecule has 17 heavy (non-hydrogen) atoms. The van der Waals surface area contributed by atoms with Crippen molar-refractivity contribution in [1.82, 2.24) is 0 Å². The predicted octanol–water partition coefficient (Wildman–Crippen LogP) is 1.50. The van der Waals surface area contributed by atoms with E-state index in [4.69, 9.17) is 10.5 Å². The Morgan fingerprint density at radius 1 is 1.06 bits per heavy atom. The maximum atomic E-state index is 9.92. The lowest BCUT2D eigenvalue weighted by Gasteiger charge is -1.95. The third kappa shape index (κ3) is 9.03. The van der Waals surface area contributed by atoms with E-state index in [0.717, 1.165) is 18.5 Å². The first-order chi connectivity index (χ1) is 7.92. The number of rotatable bonds is 4. The quantitative estimate of drug-likeness (QED) is 0.719. The van der Waals surface area contributed by atoms with Gasteiger partial charge in [-0.1, -0.05) is 0 Å². The molecule has 6 nitrogen and oxygen atoms in total. The smallest absolute Gasteiger partial charge is 0.252 e. The van der Waals surface area contributed by atoms with Gasteiger partial charge in [-0.3, -0.25) is 8.37 Å². The van der Waals surface area contributed by atoms with Gasteiger partial charge in [0.1, 0.15) is 17.7 Å². The summed E-state index contributed by atoms with van der Waals surface area (Å²) in [5, 5.41) is 16.8. The van der Waals surface area contributed by atoms with Gasteiger partial charge >= 0.3 is 10.4 Å². The molecule has 0 saturated heterocycles. The van der Waals surface area contributed by atoms with E-state index in [1.165, 1.54) is 23.5 Å². The zero-order chi connectivity index (χ0) is 13.9. The summed E-state index contributed by atoms with van der Waals surface area (Å²) >= 11 is 2.85. The van der Waals surface area contributed by atoms with Crippen LogP contribution in [-0.2, 0) is 18.8 Å². The van der Waals surface area contributed by atoms with Crippen molar-refractivity contribution in [3.8, 4) is 12.1 Å². The normalized spacial score (nSPS) is 9.29. The van der Waals surface area contributed by atoms with Gasteiger partial charge in [-0.25, -0.2) is 0 Å². The molecule has 0 spiro atoms. The minimum absolute atomic E-state index is 0.208. The second kappa shape index (κ2) is 10.4. The first-order valence-corrected chi connectivity index (χ1v) is 7.69. The highest BCUT2D eigenvalue weighted by atomic mass is 32.3. The highest BCUT2D eigenvalue weighted by Crippen LogP contribution is 2.26. The number of allylic oxidation sites excluding steroid dienone is 1. The Balaban J connectivity index is 0. The molecule has 0 bridgehead atoms. The van der Waals surface area contributed by atoms with Crippen LogP contribution in [0.5, 0.6) is 0 Å². The van der Waals surface area contributed by atoms with Crippen molar-refractivity contribution in [3.05, 3.63) is 9.81 Å². The van der Waals surface area contributed by atoms with Gasteiger partial charge in [-0.15, -0.1) is 23.5 Å². The summed E-state index contributed by atoms with van der Waals surface area (Å²) in [5.74, 6) is 0. The number of hydrogen-bond donors (Lipinski definition) is 0. The summed E-state index contributed by atoms with van der Waals surface area (Å²) in [4.78, 5) is 0. The molecule has 96 valence electrons. The van der Waals surface area contributed by atoms with Crippen LogP contribution < -0.4 is 0 Å². The molecular weight excluding hydrogens is 284 g/mol. The minimum atomic E-state index is -3.66. The van der Waals surface area contributed by atoms with Crippen molar-refractivity contribution in [3.63, 3.8) is 0 Å². The lowest BCUT2D eigenvalue weighted by Crippen LogP contribution is -2.02. The molecule has 0 heterocycles. The average Bonchev–Trinajstić information content (AvgIpc) is 2.36. The second-order valence-corrected chi connectivity index (χ2v) is 5.41. The van der Waals surface area contributed by atoms with Crippen LogP contribution in [0.4, 0.5) is 0 Å². The summed E-state index contributed by atoms with van der Waals surface area (Å²) < 4.78 is 28.3. The van der Waals surface area contributed by atoms with E-state index in [-0.39, 0.29) is 5.57 Å². The Bertz CT molecular complexity index is 399. The van der Waals surface area contributed by atoms with Crippen LogP contribution in [0.3, 0.4) is 0 Å².